The van der Waals surface area contributed by atoms with Crippen LogP contribution in [0.25, 0.3) is 16.8 Å². The zero-order chi connectivity index (χ0) is 18.7. The summed E-state index contributed by atoms with van der Waals surface area (Å²) in [5.41, 5.74) is 5.22. The number of halogens is 1. The highest BCUT2D eigenvalue weighted by atomic mass is 79.9. The highest BCUT2D eigenvalue weighted by Crippen LogP contribution is 2.25. The summed E-state index contributed by atoms with van der Waals surface area (Å²) in [6.07, 6.45) is 2.60. The molecule has 0 spiro atoms. The van der Waals surface area contributed by atoms with E-state index in [9.17, 15) is 4.79 Å². The maximum atomic E-state index is 10.9. The second kappa shape index (κ2) is 7.87. The van der Waals surface area contributed by atoms with Gasteiger partial charge in [-0.05, 0) is 57.1 Å². The SMILES string of the molecule is CC(C)Cc1cccc(-c2ccc(-n3ncc(CC(=O)O)c3Br)cc2)c1. The van der Waals surface area contributed by atoms with Gasteiger partial charge in [-0.2, -0.15) is 5.10 Å². The summed E-state index contributed by atoms with van der Waals surface area (Å²) in [5, 5.41) is 13.2. The summed E-state index contributed by atoms with van der Waals surface area (Å²) in [6, 6.07) is 16.7. The third-order valence-electron chi connectivity index (χ3n) is 4.14. The Labute approximate surface area is 161 Å². The lowest BCUT2D eigenvalue weighted by Gasteiger charge is -2.09. The van der Waals surface area contributed by atoms with Crippen molar-refractivity contribution >= 4 is 21.9 Å². The number of hydrogen-bond donors (Lipinski definition) is 1. The molecule has 0 saturated heterocycles. The molecule has 0 aliphatic carbocycles. The van der Waals surface area contributed by atoms with E-state index in [0.29, 0.717) is 16.1 Å². The molecule has 1 N–H and O–H groups in total. The third kappa shape index (κ3) is 4.22. The molecular formula is C21H21BrN2O2. The van der Waals surface area contributed by atoms with Crippen molar-refractivity contribution < 1.29 is 9.90 Å². The molecule has 0 amide bonds. The van der Waals surface area contributed by atoms with Crippen molar-refractivity contribution in [3.05, 3.63) is 70.5 Å². The molecule has 0 saturated carbocycles. The molecule has 0 bridgehead atoms. The number of benzene rings is 2. The monoisotopic (exact) mass is 412 g/mol. The molecule has 2 aromatic carbocycles. The summed E-state index contributed by atoms with van der Waals surface area (Å²) in [7, 11) is 0. The number of carbonyl (C=O) groups is 1. The molecule has 1 heterocycles. The van der Waals surface area contributed by atoms with Crippen LogP contribution in [0.15, 0.2) is 59.3 Å². The van der Waals surface area contributed by atoms with Gasteiger partial charge in [0.1, 0.15) is 4.60 Å². The Kier molecular flexibility index (Phi) is 5.57. The van der Waals surface area contributed by atoms with Crippen molar-refractivity contribution in [2.75, 3.05) is 0 Å². The van der Waals surface area contributed by atoms with Gasteiger partial charge < -0.3 is 5.11 Å². The summed E-state index contributed by atoms with van der Waals surface area (Å²) in [4.78, 5) is 10.9. The largest absolute Gasteiger partial charge is 0.481 e. The van der Waals surface area contributed by atoms with Gasteiger partial charge in [-0.15, -0.1) is 0 Å². The first-order chi connectivity index (χ1) is 12.4. The minimum absolute atomic E-state index is 0.0543. The van der Waals surface area contributed by atoms with Gasteiger partial charge in [-0.1, -0.05) is 50.2 Å². The van der Waals surface area contributed by atoms with Crippen LogP contribution in [0.3, 0.4) is 0 Å². The standard InChI is InChI=1S/C21H21BrN2O2/c1-14(2)10-15-4-3-5-17(11-15)16-6-8-19(9-7-16)24-21(22)18(13-23-24)12-20(25)26/h3-9,11,13-14H,10,12H2,1-2H3,(H,25,26). The Morgan fingerprint density at radius 1 is 1.15 bits per heavy atom. The molecule has 0 radical (unpaired) electrons. The van der Waals surface area contributed by atoms with E-state index in [1.54, 1.807) is 10.9 Å². The first-order valence-electron chi connectivity index (χ1n) is 8.58. The minimum Gasteiger partial charge on any atom is -0.481 e. The highest BCUT2D eigenvalue weighted by molar-refractivity contribution is 9.10. The highest BCUT2D eigenvalue weighted by Gasteiger charge is 2.12. The van der Waals surface area contributed by atoms with Gasteiger partial charge in [-0.25, -0.2) is 4.68 Å². The van der Waals surface area contributed by atoms with E-state index >= 15 is 0 Å². The van der Waals surface area contributed by atoms with Crippen LogP contribution in [0.5, 0.6) is 0 Å². The average Bonchev–Trinajstić information content (AvgIpc) is 2.95. The van der Waals surface area contributed by atoms with Gasteiger partial charge in [0, 0.05) is 5.56 Å². The number of aromatic nitrogens is 2. The molecule has 3 rings (SSSR count). The molecule has 0 aliphatic rings. The summed E-state index contributed by atoms with van der Waals surface area (Å²) in [6.45, 7) is 4.45. The number of carboxylic acid groups (broad SMARTS) is 1. The predicted molar refractivity (Wildman–Crippen MR) is 107 cm³/mol. The smallest absolute Gasteiger partial charge is 0.307 e. The first kappa shape index (κ1) is 18.4. The van der Waals surface area contributed by atoms with E-state index in [2.05, 4.69) is 71.3 Å². The fraction of sp³-hybridized carbons (Fsp3) is 0.238. The Morgan fingerprint density at radius 3 is 2.54 bits per heavy atom. The number of nitrogens with zero attached hydrogens (tertiary/aromatic N) is 2. The quantitative estimate of drug-likeness (QED) is 0.610. The zero-order valence-corrected chi connectivity index (χ0v) is 16.4. The maximum absolute atomic E-state index is 10.9. The van der Waals surface area contributed by atoms with E-state index in [1.165, 1.54) is 11.1 Å². The zero-order valence-electron chi connectivity index (χ0n) is 14.8. The Hall–Kier alpha value is -2.40. The Balaban J connectivity index is 1.85. The number of hydrogen-bond acceptors (Lipinski definition) is 2. The number of carboxylic acids is 1. The lowest BCUT2D eigenvalue weighted by atomic mass is 9.98. The molecule has 134 valence electrons. The van der Waals surface area contributed by atoms with E-state index in [-0.39, 0.29) is 6.42 Å². The Morgan fingerprint density at radius 2 is 1.88 bits per heavy atom. The lowest BCUT2D eigenvalue weighted by molar-refractivity contribution is -0.136. The molecule has 0 atom stereocenters. The van der Waals surface area contributed by atoms with E-state index < -0.39 is 5.97 Å². The second-order valence-corrected chi connectivity index (χ2v) is 7.54. The summed E-state index contributed by atoms with van der Waals surface area (Å²) >= 11 is 3.45. The van der Waals surface area contributed by atoms with Gasteiger partial charge in [-0.3, -0.25) is 4.79 Å². The lowest BCUT2D eigenvalue weighted by Crippen LogP contribution is -2.01. The van der Waals surface area contributed by atoms with Crippen molar-refractivity contribution in [2.45, 2.75) is 26.7 Å². The maximum Gasteiger partial charge on any atom is 0.307 e. The van der Waals surface area contributed by atoms with Crippen LogP contribution in [0.2, 0.25) is 0 Å². The van der Waals surface area contributed by atoms with Crippen LogP contribution in [0.1, 0.15) is 25.0 Å². The Bertz CT molecular complexity index is 914. The fourth-order valence-corrected chi connectivity index (χ4v) is 3.51. The van der Waals surface area contributed by atoms with Gasteiger partial charge in [0.2, 0.25) is 0 Å². The van der Waals surface area contributed by atoms with Crippen LogP contribution in [0.4, 0.5) is 0 Å². The third-order valence-corrected chi connectivity index (χ3v) is 4.98. The second-order valence-electron chi connectivity index (χ2n) is 6.79. The first-order valence-corrected chi connectivity index (χ1v) is 9.37. The summed E-state index contributed by atoms with van der Waals surface area (Å²) < 4.78 is 2.38. The van der Waals surface area contributed by atoms with Crippen LogP contribution < -0.4 is 0 Å². The van der Waals surface area contributed by atoms with Crippen molar-refractivity contribution in [3.8, 4) is 16.8 Å². The molecular weight excluding hydrogens is 392 g/mol. The molecule has 0 unspecified atom stereocenters. The van der Waals surface area contributed by atoms with E-state index in [1.807, 2.05) is 12.1 Å². The molecule has 3 aromatic rings. The van der Waals surface area contributed by atoms with Gasteiger partial charge in [0.15, 0.2) is 0 Å². The van der Waals surface area contributed by atoms with Crippen molar-refractivity contribution in [2.24, 2.45) is 5.92 Å². The fourth-order valence-electron chi connectivity index (χ4n) is 2.97. The summed E-state index contributed by atoms with van der Waals surface area (Å²) in [5.74, 6) is -0.244. The number of aliphatic carboxylic acids is 1. The normalized spacial score (nSPS) is 11.1. The number of rotatable bonds is 6. The predicted octanol–water partition coefficient (Wildman–Crippen LogP) is 5.13. The average molecular weight is 413 g/mol. The molecule has 5 heteroatoms. The molecule has 0 aliphatic heterocycles. The molecule has 1 aromatic heterocycles. The van der Waals surface area contributed by atoms with Gasteiger partial charge in [0.25, 0.3) is 0 Å². The van der Waals surface area contributed by atoms with Crippen LogP contribution >= 0.6 is 15.9 Å². The van der Waals surface area contributed by atoms with Crippen molar-refractivity contribution in [3.63, 3.8) is 0 Å². The van der Waals surface area contributed by atoms with Crippen molar-refractivity contribution in [1.82, 2.24) is 9.78 Å². The molecule has 26 heavy (non-hydrogen) atoms. The van der Waals surface area contributed by atoms with E-state index in [4.69, 9.17) is 5.11 Å². The minimum atomic E-state index is -0.873. The van der Waals surface area contributed by atoms with Gasteiger partial charge >= 0.3 is 5.97 Å². The van der Waals surface area contributed by atoms with E-state index in [0.717, 1.165) is 17.7 Å². The van der Waals surface area contributed by atoms with Crippen LogP contribution in [0, 0.1) is 5.92 Å². The van der Waals surface area contributed by atoms with Crippen molar-refractivity contribution in [1.29, 1.82) is 0 Å². The molecule has 0 fully saturated rings. The van der Waals surface area contributed by atoms with Crippen LogP contribution in [-0.2, 0) is 17.6 Å². The molecule has 4 nitrogen and oxygen atoms in total. The van der Waals surface area contributed by atoms with Gasteiger partial charge in [0.05, 0.1) is 18.3 Å². The topological polar surface area (TPSA) is 55.1 Å². The van der Waals surface area contributed by atoms with Crippen LogP contribution in [-0.4, -0.2) is 20.9 Å².